The van der Waals surface area contributed by atoms with Gasteiger partial charge in [0.05, 0.1) is 0 Å². The van der Waals surface area contributed by atoms with E-state index in [2.05, 4.69) is 20.5 Å². The first-order chi connectivity index (χ1) is 7.17. The van der Waals surface area contributed by atoms with Gasteiger partial charge in [-0.15, -0.1) is 5.10 Å². The second-order valence-corrected chi connectivity index (χ2v) is 3.18. The molecule has 84 valence electrons. The van der Waals surface area contributed by atoms with Gasteiger partial charge in [0.1, 0.15) is 0 Å². The molecule has 0 bridgehead atoms. The fraction of sp³-hybridized carbons (Fsp3) is 0.625. The Kier molecular flexibility index (Phi) is 4.04. The number of hydrogen-bond donors (Lipinski definition) is 4. The summed E-state index contributed by atoms with van der Waals surface area (Å²) in [6.45, 7) is 2.51. The SMILES string of the molecule is CCC(CCN)Nc1n[nH]c(=O)[nH]c1=O. The van der Waals surface area contributed by atoms with Gasteiger partial charge in [-0.25, -0.2) is 9.89 Å². The molecule has 1 atom stereocenters. The number of aromatic nitrogens is 3. The maximum absolute atomic E-state index is 11.3. The van der Waals surface area contributed by atoms with Crippen molar-refractivity contribution in [2.24, 2.45) is 5.73 Å². The number of rotatable bonds is 5. The van der Waals surface area contributed by atoms with Gasteiger partial charge in [-0.05, 0) is 19.4 Å². The zero-order valence-corrected chi connectivity index (χ0v) is 8.54. The van der Waals surface area contributed by atoms with Gasteiger partial charge >= 0.3 is 5.69 Å². The van der Waals surface area contributed by atoms with Crippen molar-refractivity contribution in [2.75, 3.05) is 11.9 Å². The number of anilines is 1. The summed E-state index contributed by atoms with van der Waals surface area (Å²) in [5.41, 5.74) is 4.28. The van der Waals surface area contributed by atoms with E-state index in [0.717, 1.165) is 12.8 Å². The summed E-state index contributed by atoms with van der Waals surface area (Å²) >= 11 is 0. The van der Waals surface area contributed by atoms with E-state index in [1.807, 2.05) is 6.92 Å². The lowest BCUT2D eigenvalue weighted by Gasteiger charge is -2.14. The molecule has 0 aliphatic carbocycles. The Labute approximate surface area is 86.1 Å². The molecule has 0 radical (unpaired) electrons. The first kappa shape index (κ1) is 11.4. The number of aromatic amines is 2. The third-order valence-electron chi connectivity index (χ3n) is 2.06. The monoisotopic (exact) mass is 213 g/mol. The Balaban J connectivity index is 2.79. The van der Waals surface area contributed by atoms with Crippen LogP contribution in [0.1, 0.15) is 19.8 Å². The van der Waals surface area contributed by atoms with E-state index in [1.54, 1.807) is 0 Å². The zero-order chi connectivity index (χ0) is 11.3. The van der Waals surface area contributed by atoms with Crippen LogP contribution in [0.3, 0.4) is 0 Å². The number of nitrogens with zero attached hydrogens (tertiary/aromatic N) is 1. The number of H-pyrrole nitrogens is 2. The summed E-state index contributed by atoms with van der Waals surface area (Å²) in [6, 6.07) is 0.0921. The van der Waals surface area contributed by atoms with Crippen molar-refractivity contribution < 1.29 is 0 Å². The molecule has 1 rings (SSSR count). The Hall–Kier alpha value is -1.63. The van der Waals surface area contributed by atoms with Crippen LogP contribution in [0.2, 0.25) is 0 Å². The van der Waals surface area contributed by atoms with Crippen molar-refractivity contribution >= 4 is 5.82 Å². The van der Waals surface area contributed by atoms with E-state index in [1.165, 1.54) is 0 Å². The van der Waals surface area contributed by atoms with Crippen molar-refractivity contribution in [2.45, 2.75) is 25.8 Å². The molecule has 0 amide bonds. The molecular weight excluding hydrogens is 198 g/mol. The standard InChI is InChI=1S/C8H15N5O2/c1-2-5(3-4-9)10-6-7(14)11-8(15)13-12-6/h5H,2-4,9H2,1H3,(H,10,12)(H2,11,13,14,15). The maximum Gasteiger partial charge on any atom is 0.342 e. The van der Waals surface area contributed by atoms with Gasteiger partial charge in [-0.1, -0.05) is 6.92 Å². The zero-order valence-electron chi connectivity index (χ0n) is 8.54. The molecule has 0 fully saturated rings. The minimum Gasteiger partial charge on any atom is -0.361 e. The van der Waals surface area contributed by atoms with Crippen LogP contribution >= 0.6 is 0 Å². The predicted molar refractivity (Wildman–Crippen MR) is 56.9 cm³/mol. The van der Waals surface area contributed by atoms with Gasteiger partial charge in [0.25, 0.3) is 5.56 Å². The van der Waals surface area contributed by atoms with Crippen molar-refractivity contribution in [3.63, 3.8) is 0 Å². The molecule has 0 aromatic carbocycles. The summed E-state index contributed by atoms with van der Waals surface area (Å²) < 4.78 is 0. The Morgan fingerprint density at radius 2 is 2.27 bits per heavy atom. The normalized spacial score (nSPS) is 12.4. The molecule has 1 unspecified atom stereocenters. The summed E-state index contributed by atoms with van der Waals surface area (Å²) in [7, 11) is 0. The van der Waals surface area contributed by atoms with Crippen LogP contribution in [0, 0.1) is 0 Å². The Morgan fingerprint density at radius 3 is 2.80 bits per heavy atom. The van der Waals surface area contributed by atoms with Gasteiger partial charge in [0, 0.05) is 6.04 Å². The van der Waals surface area contributed by atoms with Gasteiger partial charge < -0.3 is 11.1 Å². The molecule has 0 saturated carbocycles. The molecule has 15 heavy (non-hydrogen) atoms. The third kappa shape index (κ3) is 3.21. The molecule has 1 aromatic heterocycles. The summed E-state index contributed by atoms with van der Waals surface area (Å²) in [4.78, 5) is 24.1. The van der Waals surface area contributed by atoms with E-state index in [9.17, 15) is 9.59 Å². The quantitative estimate of drug-likeness (QED) is 0.500. The van der Waals surface area contributed by atoms with E-state index < -0.39 is 11.2 Å². The Morgan fingerprint density at radius 1 is 1.53 bits per heavy atom. The van der Waals surface area contributed by atoms with Gasteiger partial charge in [0.2, 0.25) is 5.82 Å². The molecule has 0 aliphatic heterocycles. The van der Waals surface area contributed by atoms with Gasteiger partial charge in [-0.3, -0.25) is 9.78 Å². The van der Waals surface area contributed by atoms with Crippen LogP contribution in [0.5, 0.6) is 0 Å². The van der Waals surface area contributed by atoms with Gasteiger partial charge in [-0.2, -0.15) is 0 Å². The third-order valence-corrected chi connectivity index (χ3v) is 2.06. The van der Waals surface area contributed by atoms with Crippen LogP contribution in [-0.4, -0.2) is 27.8 Å². The molecule has 1 heterocycles. The lowest BCUT2D eigenvalue weighted by Crippen LogP contribution is -2.31. The lowest BCUT2D eigenvalue weighted by atomic mass is 10.1. The molecule has 0 saturated heterocycles. The molecular formula is C8H15N5O2. The van der Waals surface area contributed by atoms with Crippen LogP contribution in [-0.2, 0) is 0 Å². The van der Waals surface area contributed by atoms with E-state index >= 15 is 0 Å². The summed E-state index contributed by atoms with van der Waals surface area (Å²) in [5, 5.41) is 8.69. The highest BCUT2D eigenvalue weighted by Crippen LogP contribution is 2.01. The van der Waals surface area contributed by atoms with Crippen LogP contribution in [0.4, 0.5) is 5.82 Å². The maximum atomic E-state index is 11.3. The summed E-state index contributed by atoms with van der Waals surface area (Å²) in [6.07, 6.45) is 1.58. The van der Waals surface area contributed by atoms with Crippen LogP contribution in [0.25, 0.3) is 0 Å². The molecule has 7 nitrogen and oxygen atoms in total. The number of nitrogens with one attached hydrogen (secondary N) is 3. The van der Waals surface area contributed by atoms with Crippen molar-refractivity contribution in [3.8, 4) is 0 Å². The second kappa shape index (κ2) is 5.30. The highest BCUT2D eigenvalue weighted by atomic mass is 16.2. The van der Waals surface area contributed by atoms with Crippen molar-refractivity contribution in [1.82, 2.24) is 15.2 Å². The first-order valence-corrected chi connectivity index (χ1v) is 4.83. The van der Waals surface area contributed by atoms with Crippen molar-refractivity contribution in [1.29, 1.82) is 0 Å². The number of nitrogens with two attached hydrogens (primary N) is 1. The van der Waals surface area contributed by atoms with E-state index in [4.69, 9.17) is 5.73 Å². The predicted octanol–water partition coefficient (Wildman–Crippen LogP) is -1.00. The average molecular weight is 213 g/mol. The second-order valence-electron chi connectivity index (χ2n) is 3.18. The fourth-order valence-corrected chi connectivity index (χ4v) is 1.22. The largest absolute Gasteiger partial charge is 0.361 e. The highest BCUT2D eigenvalue weighted by Gasteiger charge is 2.08. The molecule has 5 N–H and O–H groups in total. The minimum absolute atomic E-state index is 0.0921. The summed E-state index contributed by atoms with van der Waals surface area (Å²) in [5.74, 6) is 0.120. The topological polar surface area (TPSA) is 117 Å². The molecule has 7 heteroatoms. The van der Waals surface area contributed by atoms with Crippen molar-refractivity contribution in [3.05, 3.63) is 20.8 Å². The Bertz CT molecular complexity index is 410. The number of hydrogen-bond acceptors (Lipinski definition) is 5. The van der Waals surface area contributed by atoms with Gasteiger partial charge in [0.15, 0.2) is 0 Å². The van der Waals surface area contributed by atoms with E-state index in [-0.39, 0.29) is 11.9 Å². The van der Waals surface area contributed by atoms with Crippen LogP contribution in [0.15, 0.2) is 9.59 Å². The minimum atomic E-state index is -0.613. The lowest BCUT2D eigenvalue weighted by molar-refractivity contribution is 0.635. The average Bonchev–Trinajstić information content (AvgIpc) is 2.21. The molecule has 1 aromatic rings. The van der Waals surface area contributed by atoms with Crippen LogP contribution < -0.4 is 22.3 Å². The highest BCUT2D eigenvalue weighted by molar-refractivity contribution is 5.30. The molecule has 0 spiro atoms. The van der Waals surface area contributed by atoms with E-state index in [0.29, 0.717) is 6.54 Å². The fourth-order valence-electron chi connectivity index (χ4n) is 1.22. The smallest absolute Gasteiger partial charge is 0.342 e. The first-order valence-electron chi connectivity index (χ1n) is 4.83. The molecule has 0 aliphatic rings.